The average Bonchev–Trinajstić information content (AvgIpc) is 3.06. The molecule has 0 bridgehead atoms. The van der Waals surface area contributed by atoms with Crippen molar-refractivity contribution < 1.29 is 14.0 Å². The number of aromatic nitrogens is 2. The molecule has 29 heavy (non-hydrogen) atoms. The summed E-state index contributed by atoms with van der Waals surface area (Å²) in [5.74, 6) is -0.437. The first-order valence-corrected chi connectivity index (χ1v) is 9.73. The molecule has 0 spiro atoms. The molecule has 3 aromatic rings. The first kappa shape index (κ1) is 20.5. The highest BCUT2D eigenvalue weighted by Gasteiger charge is 2.20. The van der Waals surface area contributed by atoms with Crippen molar-refractivity contribution in [3.05, 3.63) is 47.8 Å². The van der Waals surface area contributed by atoms with Crippen molar-refractivity contribution in [2.75, 3.05) is 5.32 Å². The van der Waals surface area contributed by atoms with Crippen LogP contribution in [0.4, 0.5) is 10.1 Å². The molecule has 2 N–H and O–H groups in total. The van der Waals surface area contributed by atoms with Gasteiger partial charge in [0.05, 0.1) is 22.3 Å². The summed E-state index contributed by atoms with van der Waals surface area (Å²) in [6, 6.07) is 9.75. The van der Waals surface area contributed by atoms with Gasteiger partial charge in [0.15, 0.2) is 0 Å². The van der Waals surface area contributed by atoms with Crippen LogP contribution < -0.4 is 10.6 Å². The molecule has 0 aliphatic carbocycles. The summed E-state index contributed by atoms with van der Waals surface area (Å²) in [4.78, 5) is 29.1. The summed E-state index contributed by atoms with van der Waals surface area (Å²) in [6.07, 6.45) is 0.800. The fraction of sp³-hybridized carbons (Fsp3) is 0.318. The van der Waals surface area contributed by atoms with Crippen LogP contribution in [-0.4, -0.2) is 27.4 Å². The second kappa shape index (κ2) is 8.43. The van der Waals surface area contributed by atoms with Gasteiger partial charge >= 0.3 is 0 Å². The Morgan fingerprint density at radius 2 is 1.93 bits per heavy atom. The lowest BCUT2D eigenvalue weighted by atomic mass is 10.1. The molecule has 7 heteroatoms. The van der Waals surface area contributed by atoms with Gasteiger partial charge in [-0.25, -0.2) is 9.37 Å². The van der Waals surface area contributed by atoms with Gasteiger partial charge in [0.1, 0.15) is 11.6 Å². The van der Waals surface area contributed by atoms with Gasteiger partial charge in [0, 0.05) is 25.1 Å². The lowest BCUT2D eigenvalue weighted by molar-refractivity contribution is -0.114. The quantitative estimate of drug-likeness (QED) is 0.650. The Bertz CT molecular complexity index is 1070. The zero-order valence-electron chi connectivity index (χ0n) is 17.0. The summed E-state index contributed by atoms with van der Waals surface area (Å²) in [5, 5.41) is 5.71. The number of hydrogen-bond donors (Lipinski definition) is 2. The van der Waals surface area contributed by atoms with Crippen LogP contribution in [0, 0.1) is 5.82 Å². The second-order valence-corrected chi connectivity index (χ2v) is 7.01. The number of anilines is 1. The largest absolute Gasteiger partial charge is 0.350 e. The van der Waals surface area contributed by atoms with E-state index in [1.165, 1.54) is 13.0 Å². The molecule has 0 fully saturated rings. The van der Waals surface area contributed by atoms with E-state index in [2.05, 4.69) is 15.6 Å². The molecule has 0 saturated heterocycles. The molecule has 2 amide bonds. The Kier molecular flexibility index (Phi) is 5.96. The molecule has 0 unspecified atom stereocenters. The van der Waals surface area contributed by atoms with Gasteiger partial charge < -0.3 is 15.2 Å². The molecule has 3 rings (SSSR count). The minimum absolute atomic E-state index is 0.0181. The number of nitrogens with zero attached hydrogens (tertiary/aromatic N) is 2. The Hall–Kier alpha value is -3.22. The van der Waals surface area contributed by atoms with Gasteiger partial charge in [-0.05, 0) is 44.5 Å². The van der Waals surface area contributed by atoms with E-state index in [0.29, 0.717) is 40.2 Å². The van der Waals surface area contributed by atoms with E-state index in [1.807, 2.05) is 25.3 Å². The minimum Gasteiger partial charge on any atom is -0.350 e. The van der Waals surface area contributed by atoms with E-state index < -0.39 is 0 Å². The maximum Gasteiger partial charge on any atom is 0.251 e. The Labute approximate surface area is 169 Å². The molecule has 152 valence electrons. The topological polar surface area (TPSA) is 76.0 Å². The monoisotopic (exact) mass is 396 g/mol. The lowest BCUT2D eigenvalue weighted by Gasteiger charge is -2.14. The molecule has 2 aromatic carbocycles. The number of amides is 2. The van der Waals surface area contributed by atoms with E-state index in [4.69, 9.17) is 0 Å². The van der Waals surface area contributed by atoms with Crippen molar-refractivity contribution in [3.63, 3.8) is 0 Å². The smallest absolute Gasteiger partial charge is 0.251 e. The highest BCUT2D eigenvalue weighted by molar-refractivity contribution is 6.05. The molecular weight excluding hydrogens is 371 g/mol. The highest BCUT2D eigenvalue weighted by atomic mass is 19.1. The third-order valence-corrected chi connectivity index (χ3v) is 4.84. The number of benzene rings is 2. The SMILES string of the molecule is CC[C@@H](C)NC(=O)c1cc(NC(C)=O)c2c(c1)nc(-c1ccccc1F)n2CC. The third-order valence-electron chi connectivity index (χ3n) is 4.84. The summed E-state index contributed by atoms with van der Waals surface area (Å²) < 4.78 is 16.3. The standard InChI is InChI=1S/C22H25FN4O2/c1-5-13(3)24-22(29)15-11-18(25-14(4)28)20-19(12-15)26-21(27(20)6-2)16-9-7-8-10-17(16)23/h7-13H,5-6H2,1-4H3,(H,24,29)(H,25,28)/t13-/m1/s1. The van der Waals surface area contributed by atoms with Crippen molar-refractivity contribution in [3.8, 4) is 11.4 Å². The number of nitrogens with one attached hydrogen (secondary N) is 2. The third kappa shape index (κ3) is 4.13. The molecule has 0 aliphatic heterocycles. The zero-order chi connectivity index (χ0) is 21.1. The van der Waals surface area contributed by atoms with Crippen molar-refractivity contribution in [2.24, 2.45) is 0 Å². The Balaban J connectivity index is 2.23. The van der Waals surface area contributed by atoms with Crippen LogP contribution in [0.15, 0.2) is 36.4 Å². The fourth-order valence-electron chi connectivity index (χ4n) is 3.25. The number of aryl methyl sites for hydroxylation is 1. The molecule has 0 aliphatic rings. The number of imidazole rings is 1. The van der Waals surface area contributed by atoms with Crippen molar-refractivity contribution >= 4 is 28.5 Å². The van der Waals surface area contributed by atoms with E-state index in [9.17, 15) is 14.0 Å². The summed E-state index contributed by atoms with van der Waals surface area (Å²) >= 11 is 0. The maximum absolute atomic E-state index is 14.4. The first-order chi connectivity index (χ1) is 13.8. The van der Waals surface area contributed by atoms with Crippen LogP contribution in [0.3, 0.4) is 0 Å². The number of halogens is 1. The van der Waals surface area contributed by atoms with Gasteiger partial charge in [-0.15, -0.1) is 0 Å². The molecule has 1 atom stereocenters. The summed E-state index contributed by atoms with van der Waals surface area (Å²) in [5.41, 5.74) is 2.40. The number of carbonyl (C=O) groups excluding carboxylic acids is 2. The number of fused-ring (bicyclic) bond motifs is 1. The van der Waals surface area contributed by atoms with E-state index >= 15 is 0 Å². The van der Waals surface area contributed by atoms with E-state index in [0.717, 1.165) is 6.42 Å². The van der Waals surface area contributed by atoms with Crippen molar-refractivity contribution in [2.45, 2.75) is 46.7 Å². The molecule has 0 saturated carbocycles. The predicted molar refractivity (Wildman–Crippen MR) is 112 cm³/mol. The summed E-state index contributed by atoms with van der Waals surface area (Å²) in [6.45, 7) is 7.76. The van der Waals surface area contributed by atoms with Crippen LogP contribution in [0.5, 0.6) is 0 Å². The van der Waals surface area contributed by atoms with Crippen molar-refractivity contribution in [1.82, 2.24) is 14.9 Å². The van der Waals surface area contributed by atoms with E-state index in [-0.39, 0.29) is 23.7 Å². The normalized spacial score (nSPS) is 12.0. The molecular formula is C22H25FN4O2. The van der Waals surface area contributed by atoms with E-state index in [1.54, 1.807) is 30.3 Å². The predicted octanol–water partition coefficient (Wildman–Crippen LogP) is 4.35. The average molecular weight is 396 g/mol. The van der Waals surface area contributed by atoms with Crippen LogP contribution >= 0.6 is 0 Å². The van der Waals surface area contributed by atoms with Crippen LogP contribution in [-0.2, 0) is 11.3 Å². The van der Waals surface area contributed by atoms with Gasteiger partial charge in [-0.3, -0.25) is 9.59 Å². The second-order valence-electron chi connectivity index (χ2n) is 7.01. The van der Waals surface area contributed by atoms with Crippen LogP contribution in [0.25, 0.3) is 22.4 Å². The Morgan fingerprint density at radius 1 is 1.21 bits per heavy atom. The minimum atomic E-state index is -0.381. The molecule has 1 heterocycles. The van der Waals surface area contributed by atoms with Gasteiger partial charge in [0.25, 0.3) is 5.91 Å². The molecule has 6 nitrogen and oxygen atoms in total. The fourth-order valence-corrected chi connectivity index (χ4v) is 3.25. The Morgan fingerprint density at radius 3 is 2.55 bits per heavy atom. The lowest BCUT2D eigenvalue weighted by Crippen LogP contribution is -2.32. The number of carbonyl (C=O) groups is 2. The first-order valence-electron chi connectivity index (χ1n) is 9.73. The maximum atomic E-state index is 14.4. The van der Waals surface area contributed by atoms with Crippen LogP contribution in [0.2, 0.25) is 0 Å². The zero-order valence-corrected chi connectivity index (χ0v) is 17.0. The number of hydrogen-bond acceptors (Lipinski definition) is 3. The van der Waals surface area contributed by atoms with Gasteiger partial charge in [-0.2, -0.15) is 0 Å². The van der Waals surface area contributed by atoms with Crippen LogP contribution in [0.1, 0.15) is 44.5 Å². The van der Waals surface area contributed by atoms with Gasteiger partial charge in [-0.1, -0.05) is 19.1 Å². The summed E-state index contributed by atoms with van der Waals surface area (Å²) in [7, 11) is 0. The highest BCUT2D eigenvalue weighted by Crippen LogP contribution is 2.32. The van der Waals surface area contributed by atoms with Crippen molar-refractivity contribution in [1.29, 1.82) is 0 Å². The number of rotatable bonds is 6. The van der Waals surface area contributed by atoms with Gasteiger partial charge in [0.2, 0.25) is 5.91 Å². The molecule has 0 radical (unpaired) electrons. The molecule has 1 aromatic heterocycles.